The summed E-state index contributed by atoms with van der Waals surface area (Å²) < 4.78 is 33.4. The summed E-state index contributed by atoms with van der Waals surface area (Å²) in [6.45, 7) is 0.681. The third kappa shape index (κ3) is 6.10. The SMILES string of the molecule is O=C(COc1ccc(-c2cnc3nc2NCCCNS(=O)(=O)c2cccc(c2)N3)cc1)c1ccc(Cl)cc1. The van der Waals surface area contributed by atoms with Gasteiger partial charge in [-0.25, -0.2) is 18.1 Å². The number of anilines is 3. The van der Waals surface area contributed by atoms with Gasteiger partial charge in [-0.15, -0.1) is 0 Å². The number of fused-ring (bicyclic) bond motifs is 4. The summed E-state index contributed by atoms with van der Waals surface area (Å²) in [6, 6.07) is 20.5. The van der Waals surface area contributed by atoms with Gasteiger partial charge in [0.1, 0.15) is 11.6 Å². The molecule has 2 heterocycles. The van der Waals surface area contributed by atoms with Crippen molar-refractivity contribution in [3.8, 4) is 16.9 Å². The highest BCUT2D eigenvalue weighted by molar-refractivity contribution is 7.89. The predicted octanol–water partition coefficient (Wildman–Crippen LogP) is 4.90. The maximum atomic E-state index is 12.6. The van der Waals surface area contributed by atoms with Crippen molar-refractivity contribution in [2.75, 3.05) is 30.3 Å². The summed E-state index contributed by atoms with van der Waals surface area (Å²) >= 11 is 5.88. The van der Waals surface area contributed by atoms with E-state index in [1.807, 2.05) is 12.1 Å². The maximum Gasteiger partial charge on any atom is 0.240 e. The number of ether oxygens (including phenoxy) is 1. The van der Waals surface area contributed by atoms with E-state index in [-0.39, 0.29) is 23.8 Å². The van der Waals surface area contributed by atoms with E-state index in [1.54, 1.807) is 66.9 Å². The van der Waals surface area contributed by atoms with Crippen LogP contribution in [-0.2, 0) is 10.0 Å². The molecule has 194 valence electrons. The van der Waals surface area contributed by atoms with E-state index in [9.17, 15) is 13.2 Å². The highest BCUT2D eigenvalue weighted by Crippen LogP contribution is 2.29. The summed E-state index contributed by atoms with van der Waals surface area (Å²) in [4.78, 5) is 21.6. The van der Waals surface area contributed by atoms with Gasteiger partial charge >= 0.3 is 0 Å². The monoisotopic (exact) mass is 549 g/mol. The van der Waals surface area contributed by atoms with Crippen LogP contribution in [0, 0.1) is 0 Å². The number of carbonyl (C=O) groups excluding carboxylic acids is 1. The standard InChI is InChI=1S/C27H24ClN5O4S/c28-20-9-5-19(6-10-20)25(34)17-37-22-11-7-18(8-12-22)24-16-30-27-32-21-3-1-4-23(15-21)38(35,36)31-14-2-13-29-26(24)33-27/h1,3-12,15-16,31H,2,13-14,17H2,(H2,29,30,32,33). The van der Waals surface area contributed by atoms with Crippen LogP contribution in [0.25, 0.3) is 11.1 Å². The molecule has 3 N–H and O–H groups in total. The lowest BCUT2D eigenvalue weighted by Gasteiger charge is -2.13. The van der Waals surface area contributed by atoms with E-state index in [0.29, 0.717) is 46.8 Å². The van der Waals surface area contributed by atoms with Gasteiger partial charge in [-0.1, -0.05) is 29.8 Å². The first kappa shape index (κ1) is 25.7. The van der Waals surface area contributed by atoms with Crippen molar-refractivity contribution >= 4 is 44.9 Å². The Kier molecular flexibility index (Phi) is 7.54. The number of aromatic nitrogens is 2. The van der Waals surface area contributed by atoms with E-state index >= 15 is 0 Å². The first-order valence-electron chi connectivity index (χ1n) is 11.9. The molecule has 0 spiro atoms. The molecule has 0 atom stereocenters. The average Bonchev–Trinajstić information content (AvgIpc) is 2.92. The zero-order valence-corrected chi connectivity index (χ0v) is 21.7. The smallest absolute Gasteiger partial charge is 0.240 e. The van der Waals surface area contributed by atoms with Crippen molar-refractivity contribution in [2.24, 2.45) is 0 Å². The van der Waals surface area contributed by atoms with Crippen LogP contribution in [0.3, 0.4) is 0 Å². The Labute approximate surface area is 225 Å². The number of ketones is 1. The fourth-order valence-corrected chi connectivity index (χ4v) is 5.09. The largest absolute Gasteiger partial charge is 0.485 e. The molecule has 1 aliphatic rings. The van der Waals surface area contributed by atoms with Crippen LogP contribution in [0.4, 0.5) is 17.5 Å². The van der Waals surface area contributed by atoms with Crippen LogP contribution in [0.15, 0.2) is 83.9 Å². The van der Waals surface area contributed by atoms with Gasteiger partial charge in [0.2, 0.25) is 16.0 Å². The Morgan fingerprint density at radius 3 is 2.58 bits per heavy atom. The summed E-state index contributed by atoms with van der Waals surface area (Å²) in [5.74, 6) is 1.34. The number of carbonyl (C=O) groups is 1. The van der Waals surface area contributed by atoms with Gasteiger partial charge in [0.05, 0.1) is 4.90 Å². The van der Waals surface area contributed by atoms with Gasteiger partial charge in [-0.2, -0.15) is 4.98 Å². The number of hydrogen-bond acceptors (Lipinski definition) is 8. The minimum Gasteiger partial charge on any atom is -0.485 e. The van der Waals surface area contributed by atoms with E-state index in [2.05, 4.69) is 25.3 Å². The van der Waals surface area contributed by atoms with Crippen LogP contribution < -0.4 is 20.1 Å². The van der Waals surface area contributed by atoms with Gasteiger partial charge < -0.3 is 15.4 Å². The van der Waals surface area contributed by atoms with E-state index in [1.165, 1.54) is 0 Å². The fourth-order valence-electron chi connectivity index (χ4n) is 3.84. The van der Waals surface area contributed by atoms with Crippen LogP contribution in [0.1, 0.15) is 16.8 Å². The molecule has 1 aromatic heterocycles. The molecule has 1 aliphatic heterocycles. The summed E-state index contributed by atoms with van der Waals surface area (Å²) in [7, 11) is -3.62. The first-order valence-corrected chi connectivity index (χ1v) is 13.7. The van der Waals surface area contributed by atoms with Crippen LogP contribution in [-0.4, -0.2) is 43.9 Å². The van der Waals surface area contributed by atoms with E-state index in [4.69, 9.17) is 16.3 Å². The minimum absolute atomic E-state index is 0.0950. The van der Waals surface area contributed by atoms with Crippen molar-refractivity contribution in [3.05, 3.63) is 89.6 Å². The normalized spacial score (nSPS) is 14.6. The maximum absolute atomic E-state index is 12.6. The second-order valence-electron chi connectivity index (χ2n) is 8.53. The topological polar surface area (TPSA) is 122 Å². The third-order valence-electron chi connectivity index (χ3n) is 5.83. The molecular formula is C27H24ClN5O4S. The van der Waals surface area contributed by atoms with Crippen LogP contribution >= 0.6 is 11.6 Å². The highest BCUT2D eigenvalue weighted by Gasteiger charge is 2.16. The highest BCUT2D eigenvalue weighted by atomic mass is 35.5. The Morgan fingerprint density at radius 2 is 1.79 bits per heavy atom. The van der Waals surface area contributed by atoms with E-state index < -0.39 is 10.0 Å². The summed E-state index contributed by atoms with van der Waals surface area (Å²) in [5.41, 5.74) is 2.70. The molecule has 5 rings (SSSR count). The van der Waals surface area contributed by atoms with Crippen molar-refractivity contribution in [1.29, 1.82) is 0 Å². The molecule has 0 saturated carbocycles. The Morgan fingerprint density at radius 1 is 1.00 bits per heavy atom. The number of hydrogen-bond donors (Lipinski definition) is 3. The molecular weight excluding hydrogens is 526 g/mol. The number of sulfonamides is 1. The van der Waals surface area contributed by atoms with Crippen LogP contribution in [0.2, 0.25) is 5.02 Å². The van der Waals surface area contributed by atoms with Gasteiger partial charge in [-0.05, 0) is 66.6 Å². The van der Waals surface area contributed by atoms with Crippen molar-refractivity contribution in [1.82, 2.24) is 14.7 Å². The second-order valence-corrected chi connectivity index (χ2v) is 10.7. The number of halogens is 1. The van der Waals surface area contributed by atoms with Crippen LogP contribution in [0.5, 0.6) is 5.75 Å². The van der Waals surface area contributed by atoms with Crippen molar-refractivity contribution in [2.45, 2.75) is 11.3 Å². The number of benzene rings is 3. The first-order chi connectivity index (χ1) is 18.4. The number of rotatable bonds is 5. The summed E-state index contributed by atoms with van der Waals surface area (Å²) in [6.07, 6.45) is 2.26. The predicted molar refractivity (Wildman–Crippen MR) is 147 cm³/mol. The lowest BCUT2D eigenvalue weighted by atomic mass is 10.1. The molecule has 0 radical (unpaired) electrons. The fraction of sp³-hybridized carbons (Fsp3) is 0.148. The second kappa shape index (κ2) is 11.2. The number of Topliss-reactive ketones (excluding diaryl/α,β-unsaturated/α-hetero) is 1. The lowest BCUT2D eigenvalue weighted by Crippen LogP contribution is -2.26. The van der Waals surface area contributed by atoms with Gasteiger partial charge in [0, 0.05) is 41.1 Å². The molecule has 38 heavy (non-hydrogen) atoms. The minimum atomic E-state index is -3.62. The molecule has 3 aromatic carbocycles. The quantitative estimate of drug-likeness (QED) is 0.301. The van der Waals surface area contributed by atoms with Gasteiger partial charge in [0.25, 0.3) is 0 Å². The molecule has 0 fully saturated rings. The van der Waals surface area contributed by atoms with Crippen molar-refractivity contribution < 1.29 is 17.9 Å². The Balaban J connectivity index is 1.33. The molecule has 9 nitrogen and oxygen atoms in total. The molecule has 0 aliphatic carbocycles. The van der Waals surface area contributed by atoms with Gasteiger partial charge in [-0.3, -0.25) is 4.79 Å². The molecule has 4 bridgehead atoms. The molecule has 0 saturated heterocycles. The Hall–Kier alpha value is -3.99. The molecule has 0 amide bonds. The zero-order valence-electron chi connectivity index (χ0n) is 20.1. The van der Waals surface area contributed by atoms with Gasteiger partial charge in [0.15, 0.2) is 12.4 Å². The molecule has 0 unspecified atom stereocenters. The lowest BCUT2D eigenvalue weighted by molar-refractivity contribution is 0.0921. The third-order valence-corrected chi connectivity index (χ3v) is 7.54. The van der Waals surface area contributed by atoms with Crippen molar-refractivity contribution in [3.63, 3.8) is 0 Å². The molecule has 11 heteroatoms. The molecule has 4 aromatic rings. The van der Waals surface area contributed by atoms with E-state index in [0.717, 1.165) is 11.1 Å². The zero-order chi connectivity index (χ0) is 26.5. The Bertz CT molecular complexity index is 1560. The number of nitrogens with zero attached hydrogens (tertiary/aromatic N) is 2. The average molecular weight is 550 g/mol. The summed E-state index contributed by atoms with van der Waals surface area (Å²) in [5, 5.41) is 6.93. The number of nitrogens with one attached hydrogen (secondary N) is 3.